The van der Waals surface area contributed by atoms with Gasteiger partial charge in [0.2, 0.25) is 0 Å². The molecule has 0 radical (unpaired) electrons. The number of nitrogens with two attached hydrogens (primary N) is 1. The second-order valence-corrected chi connectivity index (χ2v) is 5.93. The zero-order chi connectivity index (χ0) is 14.2. The summed E-state index contributed by atoms with van der Waals surface area (Å²) >= 11 is 0. The van der Waals surface area contributed by atoms with E-state index >= 15 is 0 Å². The lowest BCUT2D eigenvalue weighted by Crippen LogP contribution is -2.20. The van der Waals surface area contributed by atoms with E-state index in [0.29, 0.717) is 0 Å². The minimum Gasteiger partial charge on any atom is -0.493 e. The van der Waals surface area contributed by atoms with Gasteiger partial charge in [-0.3, -0.25) is 0 Å². The van der Waals surface area contributed by atoms with Gasteiger partial charge in [0, 0.05) is 17.2 Å². The first-order valence-electron chi connectivity index (χ1n) is 7.60. The Hall–Kier alpha value is -2.00. The highest BCUT2D eigenvalue weighted by atomic mass is 16.5. The number of rotatable bonds is 3. The summed E-state index contributed by atoms with van der Waals surface area (Å²) in [5, 5.41) is 0. The first-order chi connectivity index (χ1) is 10.3. The van der Waals surface area contributed by atoms with E-state index in [2.05, 4.69) is 0 Å². The molecular weight excluding hydrogens is 262 g/mol. The minimum atomic E-state index is -0.134. The van der Waals surface area contributed by atoms with Gasteiger partial charge in [0.15, 0.2) is 0 Å². The normalized spacial score (nSPS) is 20.0. The van der Waals surface area contributed by atoms with Crippen LogP contribution in [-0.4, -0.2) is 6.61 Å². The van der Waals surface area contributed by atoms with E-state index in [1.165, 1.54) is 19.3 Å². The first-order valence-corrected chi connectivity index (χ1v) is 7.60. The fraction of sp³-hybridized carbons (Fsp3) is 0.333. The van der Waals surface area contributed by atoms with Crippen molar-refractivity contribution < 1.29 is 9.47 Å². The van der Waals surface area contributed by atoms with Crippen LogP contribution >= 0.6 is 0 Å². The number of para-hydroxylation sites is 1. The number of hydrogen-bond acceptors (Lipinski definition) is 3. The molecule has 1 saturated carbocycles. The van der Waals surface area contributed by atoms with Crippen LogP contribution in [0.4, 0.5) is 0 Å². The molecule has 0 spiro atoms. The average molecular weight is 281 g/mol. The molecule has 4 rings (SSSR count). The smallest absolute Gasteiger partial charge is 0.136 e. The Balaban J connectivity index is 1.58. The monoisotopic (exact) mass is 281 g/mol. The minimum absolute atomic E-state index is 0.134. The van der Waals surface area contributed by atoms with Gasteiger partial charge < -0.3 is 15.2 Å². The Morgan fingerprint density at radius 1 is 1.05 bits per heavy atom. The van der Waals surface area contributed by atoms with Crippen LogP contribution in [0.3, 0.4) is 0 Å². The summed E-state index contributed by atoms with van der Waals surface area (Å²) in [6, 6.07) is 13.8. The standard InChI is InChI=1S/C18H19NO2/c19-18-14-6-1-2-7-16(14)21-17-10-13(8-9-15(17)18)20-11-12-4-3-5-12/h1-2,6-10,12,18H,3-5,11,19H2. The molecule has 3 heteroatoms. The third kappa shape index (κ3) is 2.28. The number of fused-ring (bicyclic) bond motifs is 2. The lowest BCUT2D eigenvalue weighted by molar-refractivity contribution is 0.180. The molecule has 1 atom stereocenters. The highest BCUT2D eigenvalue weighted by Crippen LogP contribution is 2.43. The molecule has 1 heterocycles. The van der Waals surface area contributed by atoms with Gasteiger partial charge >= 0.3 is 0 Å². The third-order valence-electron chi connectivity index (χ3n) is 4.50. The summed E-state index contributed by atoms with van der Waals surface area (Å²) in [6.07, 6.45) is 3.92. The maximum atomic E-state index is 6.34. The van der Waals surface area contributed by atoms with Crippen LogP contribution in [0.1, 0.15) is 36.4 Å². The summed E-state index contributed by atoms with van der Waals surface area (Å²) in [5.41, 5.74) is 8.39. The Kier molecular flexibility index (Phi) is 3.08. The van der Waals surface area contributed by atoms with Crippen molar-refractivity contribution in [2.45, 2.75) is 25.3 Å². The molecule has 2 N–H and O–H groups in total. The zero-order valence-corrected chi connectivity index (χ0v) is 11.9. The molecule has 108 valence electrons. The van der Waals surface area contributed by atoms with Gasteiger partial charge in [-0.05, 0) is 37.0 Å². The summed E-state index contributed by atoms with van der Waals surface area (Å²) in [6.45, 7) is 0.807. The van der Waals surface area contributed by atoms with Crippen molar-refractivity contribution in [1.29, 1.82) is 0 Å². The summed E-state index contributed by atoms with van der Waals surface area (Å²) in [5.74, 6) is 3.25. The van der Waals surface area contributed by atoms with Crippen molar-refractivity contribution in [1.82, 2.24) is 0 Å². The van der Waals surface area contributed by atoms with Crippen LogP contribution < -0.4 is 15.2 Å². The second-order valence-electron chi connectivity index (χ2n) is 5.93. The quantitative estimate of drug-likeness (QED) is 0.924. The van der Waals surface area contributed by atoms with Gasteiger partial charge in [-0.25, -0.2) is 0 Å². The first kappa shape index (κ1) is 12.7. The lowest BCUT2D eigenvalue weighted by Gasteiger charge is -2.27. The van der Waals surface area contributed by atoms with Crippen LogP contribution in [-0.2, 0) is 0 Å². The largest absolute Gasteiger partial charge is 0.493 e. The molecule has 2 aromatic carbocycles. The van der Waals surface area contributed by atoms with Crippen LogP contribution in [0.25, 0.3) is 0 Å². The maximum absolute atomic E-state index is 6.34. The fourth-order valence-corrected chi connectivity index (χ4v) is 2.94. The SMILES string of the molecule is NC1c2ccccc2Oc2cc(OCC3CCC3)ccc21. The van der Waals surface area contributed by atoms with E-state index in [0.717, 1.165) is 40.9 Å². The molecule has 1 aliphatic carbocycles. The maximum Gasteiger partial charge on any atom is 0.136 e. The van der Waals surface area contributed by atoms with Gasteiger partial charge in [0.25, 0.3) is 0 Å². The predicted octanol–water partition coefficient (Wildman–Crippen LogP) is 4.02. The topological polar surface area (TPSA) is 44.5 Å². The molecule has 1 unspecified atom stereocenters. The van der Waals surface area contributed by atoms with E-state index < -0.39 is 0 Å². The van der Waals surface area contributed by atoms with Crippen molar-refractivity contribution in [3.63, 3.8) is 0 Å². The van der Waals surface area contributed by atoms with Crippen molar-refractivity contribution in [2.75, 3.05) is 6.61 Å². The Morgan fingerprint density at radius 2 is 1.86 bits per heavy atom. The zero-order valence-electron chi connectivity index (χ0n) is 11.9. The lowest BCUT2D eigenvalue weighted by atomic mass is 9.86. The molecule has 0 saturated heterocycles. The Morgan fingerprint density at radius 3 is 2.67 bits per heavy atom. The van der Waals surface area contributed by atoms with Gasteiger partial charge in [0.1, 0.15) is 17.2 Å². The molecule has 2 aromatic rings. The van der Waals surface area contributed by atoms with Crippen molar-refractivity contribution in [3.8, 4) is 17.2 Å². The van der Waals surface area contributed by atoms with Gasteiger partial charge in [-0.2, -0.15) is 0 Å². The van der Waals surface area contributed by atoms with Crippen LogP contribution in [0.2, 0.25) is 0 Å². The Bertz CT molecular complexity index is 664. The van der Waals surface area contributed by atoms with E-state index in [4.69, 9.17) is 15.2 Å². The number of ether oxygens (including phenoxy) is 2. The van der Waals surface area contributed by atoms with Crippen molar-refractivity contribution in [3.05, 3.63) is 53.6 Å². The molecule has 21 heavy (non-hydrogen) atoms. The van der Waals surface area contributed by atoms with Crippen molar-refractivity contribution in [2.24, 2.45) is 11.7 Å². The predicted molar refractivity (Wildman–Crippen MR) is 81.8 cm³/mol. The molecule has 0 aromatic heterocycles. The molecule has 0 bridgehead atoms. The van der Waals surface area contributed by atoms with Gasteiger partial charge in [-0.1, -0.05) is 24.6 Å². The van der Waals surface area contributed by atoms with E-state index in [1.807, 2.05) is 42.5 Å². The summed E-state index contributed by atoms with van der Waals surface area (Å²) in [4.78, 5) is 0. The van der Waals surface area contributed by atoms with E-state index in [1.54, 1.807) is 0 Å². The number of hydrogen-bond donors (Lipinski definition) is 1. The Labute approximate surface area is 124 Å². The fourth-order valence-electron chi connectivity index (χ4n) is 2.94. The molecule has 3 nitrogen and oxygen atoms in total. The summed E-state index contributed by atoms with van der Waals surface area (Å²) in [7, 11) is 0. The van der Waals surface area contributed by atoms with Gasteiger partial charge in [0.05, 0.1) is 12.6 Å². The molecule has 1 fully saturated rings. The summed E-state index contributed by atoms with van der Waals surface area (Å²) < 4.78 is 11.9. The molecule has 0 amide bonds. The van der Waals surface area contributed by atoms with Crippen molar-refractivity contribution >= 4 is 0 Å². The van der Waals surface area contributed by atoms with Crippen LogP contribution in [0.5, 0.6) is 17.2 Å². The van der Waals surface area contributed by atoms with Crippen LogP contribution in [0.15, 0.2) is 42.5 Å². The second kappa shape index (κ2) is 5.08. The van der Waals surface area contributed by atoms with Gasteiger partial charge in [-0.15, -0.1) is 0 Å². The van der Waals surface area contributed by atoms with Crippen LogP contribution in [0, 0.1) is 5.92 Å². The molecule has 2 aliphatic rings. The molecular formula is C18H19NO2. The number of benzene rings is 2. The third-order valence-corrected chi connectivity index (χ3v) is 4.50. The highest BCUT2D eigenvalue weighted by molar-refractivity contribution is 5.54. The highest BCUT2D eigenvalue weighted by Gasteiger charge is 2.24. The van der Waals surface area contributed by atoms with E-state index in [-0.39, 0.29) is 6.04 Å². The average Bonchev–Trinajstić information content (AvgIpc) is 2.46. The molecule has 1 aliphatic heterocycles. The van der Waals surface area contributed by atoms with E-state index in [9.17, 15) is 0 Å².